The lowest BCUT2D eigenvalue weighted by Gasteiger charge is -2.12. The van der Waals surface area contributed by atoms with E-state index in [0.29, 0.717) is 28.0 Å². The van der Waals surface area contributed by atoms with Crippen LogP contribution in [0.4, 0.5) is 5.13 Å². The van der Waals surface area contributed by atoms with Crippen molar-refractivity contribution >= 4 is 62.5 Å². The van der Waals surface area contributed by atoms with Gasteiger partial charge in [0.25, 0.3) is 0 Å². The molecular weight excluding hydrogens is 433 g/mol. The van der Waals surface area contributed by atoms with E-state index in [1.165, 1.54) is 28.0 Å². The first-order chi connectivity index (χ1) is 13.5. The van der Waals surface area contributed by atoms with Crippen molar-refractivity contribution in [2.24, 2.45) is 0 Å². The lowest BCUT2D eigenvalue weighted by Crippen LogP contribution is -2.32. The van der Waals surface area contributed by atoms with Crippen LogP contribution in [0.15, 0.2) is 54.7 Å². The van der Waals surface area contributed by atoms with Crippen LogP contribution in [0.5, 0.6) is 0 Å². The molecule has 0 saturated carbocycles. The largest absolute Gasteiger partial charge is 0.278 e. The molecule has 0 radical (unpaired) electrons. The molecule has 1 fully saturated rings. The standard InChI is InChI=1S/C20H15Cl2N3OS2/c21-14-7-5-12(6-8-14)9-15-11-24-20(27-15)25-18(26)17(28-19(25)23)10-13-3-1-2-4-16(13)22/h1-8,11,17,23H,9-10H2/t17-/m1/s1. The average Bonchev–Trinajstić information content (AvgIpc) is 3.23. The lowest BCUT2D eigenvalue weighted by molar-refractivity contribution is -0.116. The van der Waals surface area contributed by atoms with Crippen LogP contribution in [0, 0.1) is 5.41 Å². The quantitative estimate of drug-likeness (QED) is 0.548. The Morgan fingerprint density at radius 2 is 1.86 bits per heavy atom. The zero-order valence-corrected chi connectivity index (χ0v) is 17.7. The average molecular weight is 448 g/mol. The first-order valence-electron chi connectivity index (χ1n) is 8.53. The van der Waals surface area contributed by atoms with Crippen molar-refractivity contribution in [3.63, 3.8) is 0 Å². The van der Waals surface area contributed by atoms with Crippen molar-refractivity contribution in [1.82, 2.24) is 4.98 Å². The number of anilines is 1. The van der Waals surface area contributed by atoms with Gasteiger partial charge in [-0.1, -0.05) is 65.3 Å². The molecule has 0 unspecified atom stereocenters. The Kier molecular flexibility index (Phi) is 5.73. The predicted molar refractivity (Wildman–Crippen MR) is 118 cm³/mol. The van der Waals surface area contributed by atoms with Gasteiger partial charge in [0.2, 0.25) is 5.91 Å². The molecule has 3 aromatic rings. The number of amides is 1. The summed E-state index contributed by atoms with van der Waals surface area (Å²) in [6, 6.07) is 15.1. The van der Waals surface area contributed by atoms with Crippen molar-refractivity contribution < 1.29 is 4.79 Å². The topological polar surface area (TPSA) is 57.1 Å². The molecule has 0 spiro atoms. The Hall–Kier alpha value is -1.86. The van der Waals surface area contributed by atoms with Crippen LogP contribution in [0.1, 0.15) is 16.0 Å². The Bertz CT molecular complexity index is 1040. The Morgan fingerprint density at radius 3 is 2.61 bits per heavy atom. The summed E-state index contributed by atoms with van der Waals surface area (Å²) < 4.78 is 0. The molecule has 1 saturated heterocycles. The Morgan fingerprint density at radius 1 is 1.11 bits per heavy atom. The third-order valence-corrected chi connectivity index (χ3v) is 7.00. The molecule has 1 aromatic heterocycles. The monoisotopic (exact) mass is 447 g/mol. The van der Waals surface area contributed by atoms with Gasteiger partial charge in [0.15, 0.2) is 10.3 Å². The summed E-state index contributed by atoms with van der Waals surface area (Å²) in [6.45, 7) is 0. The number of hydrogen-bond acceptors (Lipinski definition) is 5. The first kappa shape index (κ1) is 19.5. The molecule has 2 heterocycles. The Balaban J connectivity index is 1.49. The molecule has 0 aliphatic carbocycles. The number of nitrogens with zero attached hydrogens (tertiary/aromatic N) is 2. The maximum absolute atomic E-state index is 12.9. The van der Waals surface area contributed by atoms with E-state index in [1.807, 2.05) is 48.5 Å². The summed E-state index contributed by atoms with van der Waals surface area (Å²) in [6.07, 6.45) is 2.96. The van der Waals surface area contributed by atoms with Gasteiger partial charge in [-0.05, 0) is 35.7 Å². The summed E-state index contributed by atoms with van der Waals surface area (Å²) in [5.74, 6) is -0.123. The second-order valence-corrected chi connectivity index (χ2v) is 9.42. The number of hydrogen-bond donors (Lipinski definition) is 1. The normalized spacial score (nSPS) is 16.8. The summed E-state index contributed by atoms with van der Waals surface area (Å²) >= 11 is 14.8. The molecule has 4 rings (SSSR count). The Labute approximate surface area is 181 Å². The van der Waals surface area contributed by atoms with E-state index < -0.39 is 0 Å². The van der Waals surface area contributed by atoms with Crippen LogP contribution in [-0.2, 0) is 17.6 Å². The van der Waals surface area contributed by atoms with Gasteiger partial charge < -0.3 is 0 Å². The second-order valence-electron chi connectivity index (χ2n) is 6.29. The molecule has 1 amide bonds. The highest BCUT2D eigenvalue weighted by molar-refractivity contribution is 8.16. The zero-order chi connectivity index (χ0) is 19.7. The van der Waals surface area contributed by atoms with Crippen LogP contribution in [-0.4, -0.2) is 21.3 Å². The number of rotatable bonds is 5. The van der Waals surface area contributed by atoms with Gasteiger partial charge in [-0.25, -0.2) is 9.88 Å². The maximum Gasteiger partial charge on any atom is 0.248 e. The minimum atomic E-state index is -0.365. The van der Waals surface area contributed by atoms with Crippen LogP contribution in [0.25, 0.3) is 0 Å². The number of benzene rings is 2. The number of thioether (sulfide) groups is 1. The van der Waals surface area contributed by atoms with Crippen molar-refractivity contribution in [2.45, 2.75) is 18.1 Å². The fraction of sp³-hybridized carbons (Fsp3) is 0.150. The molecule has 1 atom stereocenters. The van der Waals surface area contributed by atoms with Crippen molar-refractivity contribution in [1.29, 1.82) is 5.41 Å². The predicted octanol–water partition coefficient (Wildman–Crippen LogP) is 5.67. The summed E-state index contributed by atoms with van der Waals surface area (Å²) in [4.78, 5) is 19.7. The lowest BCUT2D eigenvalue weighted by atomic mass is 10.1. The number of aromatic nitrogens is 1. The number of carbonyl (C=O) groups excluding carboxylic acids is 1. The van der Waals surface area contributed by atoms with Gasteiger partial charge >= 0.3 is 0 Å². The highest BCUT2D eigenvalue weighted by atomic mass is 35.5. The van der Waals surface area contributed by atoms with E-state index in [1.54, 1.807) is 6.20 Å². The van der Waals surface area contributed by atoms with E-state index >= 15 is 0 Å². The minimum Gasteiger partial charge on any atom is -0.278 e. The molecular formula is C20H15Cl2N3OS2. The van der Waals surface area contributed by atoms with Crippen LogP contribution >= 0.6 is 46.3 Å². The highest BCUT2D eigenvalue weighted by Gasteiger charge is 2.39. The van der Waals surface area contributed by atoms with Gasteiger partial charge in [0, 0.05) is 27.5 Å². The van der Waals surface area contributed by atoms with Gasteiger partial charge in [-0.2, -0.15) is 0 Å². The third-order valence-electron chi connectivity index (χ3n) is 4.34. The van der Waals surface area contributed by atoms with Gasteiger partial charge in [-0.15, -0.1) is 11.3 Å². The molecule has 0 bridgehead atoms. The van der Waals surface area contributed by atoms with Gasteiger partial charge in [0.05, 0.1) is 5.25 Å². The van der Waals surface area contributed by atoms with Gasteiger partial charge in [0.1, 0.15) is 0 Å². The molecule has 1 N–H and O–H groups in total. The van der Waals surface area contributed by atoms with Gasteiger partial charge in [-0.3, -0.25) is 10.2 Å². The SMILES string of the molecule is N=C1S[C@H](Cc2ccccc2Cl)C(=O)N1c1ncc(Cc2ccc(Cl)cc2)s1. The highest BCUT2D eigenvalue weighted by Crippen LogP contribution is 2.36. The molecule has 1 aliphatic rings. The van der Waals surface area contributed by atoms with Crippen molar-refractivity contribution in [2.75, 3.05) is 4.90 Å². The molecule has 8 heteroatoms. The minimum absolute atomic E-state index is 0.123. The molecule has 142 valence electrons. The summed E-state index contributed by atoms with van der Waals surface area (Å²) in [5.41, 5.74) is 2.03. The van der Waals surface area contributed by atoms with Crippen LogP contribution in [0.3, 0.4) is 0 Å². The van der Waals surface area contributed by atoms with Crippen molar-refractivity contribution in [3.05, 3.63) is 80.8 Å². The number of nitrogens with one attached hydrogen (secondary N) is 1. The van der Waals surface area contributed by atoms with E-state index in [9.17, 15) is 4.79 Å². The molecule has 1 aliphatic heterocycles. The molecule has 4 nitrogen and oxygen atoms in total. The number of amidine groups is 1. The van der Waals surface area contributed by atoms with E-state index in [2.05, 4.69) is 4.98 Å². The van der Waals surface area contributed by atoms with Crippen molar-refractivity contribution in [3.8, 4) is 0 Å². The van der Waals surface area contributed by atoms with E-state index in [4.69, 9.17) is 28.6 Å². The smallest absolute Gasteiger partial charge is 0.248 e. The molecule has 28 heavy (non-hydrogen) atoms. The fourth-order valence-electron chi connectivity index (χ4n) is 2.94. The third kappa shape index (κ3) is 4.10. The van der Waals surface area contributed by atoms with Crippen LogP contribution < -0.4 is 4.90 Å². The van der Waals surface area contributed by atoms with E-state index in [-0.39, 0.29) is 16.3 Å². The van der Waals surface area contributed by atoms with E-state index in [0.717, 1.165) is 16.0 Å². The summed E-state index contributed by atoms with van der Waals surface area (Å²) in [7, 11) is 0. The van der Waals surface area contributed by atoms with Crippen LogP contribution in [0.2, 0.25) is 10.0 Å². The summed E-state index contributed by atoms with van der Waals surface area (Å²) in [5, 5.41) is 9.98. The number of halogens is 2. The molecule has 2 aromatic carbocycles. The number of carbonyl (C=O) groups is 1. The number of thiazole rings is 1. The maximum atomic E-state index is 12.9. The fourth-order valence-corrected chi connectivity index (χ4v) is 5.32. The zero-order valence-electron chi connectivity index (χ0n) is 14.6. The second kappa shape index (κ2) is 8.25. The first-order valence-corrected chi connectivity index (χ1v) is 11.0.